The summed E-state index contributed by atoms with van der Waals surface area (Å²) in [5.41, 5.74) is 1.62. The summed E-state index contributed by atoms with van der Waals surface area (Å²) in [5, 5.41) is 0. The standard InChI is InChI=1S/C12H15N3O3/c1-14-6-7-15(12(17)11(14)16)10-4-2-9(3-5-10)8-18-13/h2-5H,6-8,13H2,1H3. The molecule has 0 radical (unpaired) electrons. The summed E-state index contributed by atoms with van der Waals surface area (Å²) in [6, 6.07) is 7.20. The van der Waals surface area contributed by atoms with E-state index in [1.165, 1.54) is 9.80 Å². The molecule has 6 heteroatoms. The lowest BCUT2D eigenvalue weighted by molar-refractivity contribution is -0.145. The van der Waals surface area contributed by atoms with Crippen molar-refractivity contribution in [1.29, 1.82) is 0 Å². The summed E-state index contributed by atoms with van der Waals surface area (Å²) in [6.07, 6.45) is 0. The van der Waals surface area contributed by atoms with E-state index in [1.807, 2.05) is 12.1 Å². The first-order valence-electron chi connectivity index (χ1n) is 5.61. The molecule has 1 aliphatic heterocycles. The van der Waals surface area contributed by atoms with Crippen molar-refractivity contribution in [3.05, 3.63) is 29.8 Å². The molecule has 1 heterocycles. The van der Waals surface area contributed by atoms with Gasteiger partial charge in [0.05, 0.1) is 6.61 Å². The lowest BCUT2D eigenvalue weighted by Gasteiger charge is -2.31. The zero-order valence-corrected chi connectivity index (χ0v) is 10.1. The molecule has 2 rings (SSSR count). The molecular weight excluding hydrogens is 234 g/mol. The fourth-order valence-electron chi connectivity index (χ4n) is 1.85. The molecule has 6 nitrogen and oxygen atoms in total. The van der Waals surface area contributed by atoms with Crippen molar-refractivity contribution < 1.29 is 14.4 Å². The summed E-state index contributed by atoms with van der Waals surface area (Å²) in [6.45, 7) is 1.36. The summed E-state index contributed by atoms with van der Waals surface area (Å²) >= 11 is 0. The van der Waals surface area contributed by atoms with Crippen LogP contribution in [-0.4, -0.2) is 36.9 Å². The van der Waals surface area contributed by atoms with E-state index >= 15 is 0 Å². The van der Waals surface area contributed by atoms with Gasteiger partial charge in [-0.05, 0) is 17.7 Å². The van der Waals surface area contributed by atoms with Crippen LogP contribution in [0.1, 0.15) is 5.56 Å². The number of rotatable bonds is 3. The number of hydrogen-bond donors (Lipinski definition) is 1. The van der Waals surface area contributed by atoms with Crippen LogP contribution in [0.2, 0.25) is 0 Å². The van der Waals surface area contributed by atoms with Crippen LogP contribution < -0.4 is 10.8 Å². The molecule has 1 aromatic carbocycles. The average molecular weight is 249 g/mol. The Balaban J connectivity index is 2.16. The van der Waals surface area contributed by atoms with Gasteiger partial charge < -0.3 is 9.80 Å². The zero-order chi connectivity index (χ0) is 13.1. The van der Waals surface area contributed by atoms with E-state index < -0.39 is 11.8 Å². The van der Waals surface area contributed by atoms with Gasteiger partial charge in [0, 0.05) is 25.8 Å². The smallest absolute Gasteiger partial charge is 0.316 e. The molecule has 0 aromatic heterocycles. The second-order valence-electron chi connectivity index (χ2n) is 4.16. The first-order chi connectivity index (χ1) is 8.63. The van der Waals surface area contributed by atoms with Gasteiger partial charge >= 0.3 is 11.8 Å². The molecule has 96 valence electrons. The Kier molecular flexibility index (Phi) is 3.59. The largest absolute Gasteiger partial charge is 0.336 e. The van der Waals surface area contributed by atoms with E-state index in [4.69, 9.17) is 5.90 Å². The van der Waals surface area contributed by atoms with Crippen LogP contribution in [-0.2, 0) is 21.0 Å². The van der Waals surface area contributed by atoms with Crippen LogP contribution >= 0.6 is 0 Å². The molecule has 2 amide bonds. The van der Waals surface area contributed by atoms with Crippen molar-refractivity contribution in [2.24, 2.45) is 5.90 Å². The maximum absolute atomic E-state index is 11.8. The van der Waals surface area contributed by atoms with Crippen molar-refractivity contribution in [3.63, 3.8) is 0 Å². The van der Waals surface area contributed by atoms with Crippen LogP contribution in [0, 0.1) is 0 Å². The quantitative estimate of drug-likeness (QED) is 0.598. The molecule has 1 saturated heterocycles. The van der Waals surface area contributed by atoms with Gasteiger partial charge in [-0.2, -0.15) is 0 Å². The maximum Gasteiger partial charge on any atom is 0.316 e. The number of piperazine rings is 1. The number of nitrogens with zero attached hydrogens (tertiary/aromatic N) is 2. The molecule has 0 aliphatic carbocycles. The minimum atomic E-state index is -0.494. The van der Waals surface area contributed by atoms with E-state index in [-0.39, 0.29) is 0 Å². The molecule has 1 aliphatic rings. The van der Waals surface area contributed by atoms with Crippen LogP contribution in [0.4, 0.5) is 5.69 Å². The second-order valence-corrected chi connectivity index (χ2v) is 4.16. The summed E-state index contributed by atoms with van der Waals surface area (Å²) in [7, 11) is 1.62. The van der Waals surface area contributed by atoms with Gasteiger partial charge in [0.15, 0.2) is 0 Å². The van der Waals surface area contributed by atoms with Crippen LogP contribution in [0.15, 0.2) is 24.3 Å². The molecule has 1 aromatic rings. The van der Waals surface area contributed by atoms with Gasteiger partial charge in [-0.3, -0.25) is 14.4 Å². The van der Waals surface area contributed by atoms with Gasteiger partial charge in [-0.15, -0.1) is 0 Å². The van der Waals surface area contributed by atoms with E-state index in [0.717, 1.165) is 5.56 Å². The van der Waals surface area contributed by atoms with Gasteiger partial charge in [0.2, 0.25) is 0 Å². The monoisotopic (exact) mass is 249 g/mol. The number of carbonyl (C=O) groups is 2. The highest BCUT2D eigenvalue weighted by Gasteiger charge is 2.30. The summed E-state index contributed by atoms with van der Waals surface area (Å²) < 4.78 is 0. The van der Waals surface area contributed by atoms with E-state index in [9.17, 15) is 9.59 Å². The SMILES string of the molecule is CN1CCN(c2ccc(CON)cc2)C(=O)C1=O. The van der Waals surface area contributed by atoms with Crippen molar-refractivity contribution in [1.82, 2.24) is 4.90 Å². The van der Waals surface area contributed by atoms with E-state index in [0.29, 0.717) is 25.4 Å². The molecule has 1 fully saturated rings. The first-order valence-corrected chi connectivity index (χ1v) is 5.61. The van der Waals surface area contributed by atoms with Gasteiger partial charge in [-0.25, -0.2) is 5.90 Å². The fourth-order valence-corrected chi connectivity index (χ4v) is 1.85. The fraction of sp³-hybridized carbons (Fsp3) is 0.333. The molecule has 0 saturated carbocycles. The molecule has 0 atom stereocenters. The third kappa shape index (κ3) is 2.34. The number of nitrogens with two attached hydrogens (primary N) is 1. The third-order valence-corrected chi connectivity index (χ3v) is 2.93. The number of hydrogen-bond acceptors (Lipinski definition) is 4. The molecular formula is C12H15N3O3. The Morgan fingerprint density at radius 3 is 2.44 bits per heavy atom. The van der Waals surface area contributed by atoms with Crippen molar-refractivity contribution in [2.45, 2.75) is 6.61 Å². The van der Waals surface area contributed by atoms with Crippen molar-refractivity contribution >= 4 is 17.5 Å². The summed E-state index contributed by atoms with van der Waals surface area (Å²) in [4.78, 5) is 30.8. The lowest BCUT2D eigenvalue weighted by Crippen LogP contribution is -2.53. The second kappa shape index (κ2) is 5.16. The molecule has 0 bridgehead atoms. The number of benzene rings is 1. The predicted octanol–water partition coefficient (Wildman–Crippen LogP) is -0.118. The molecule has 18 heavy (non-hydrogen) atoms. The Labute approximate surface area is 105 Å². The van der Waals surface area contributed by atoms with Gasteiger partial charge in [-0.1, -0.05) is 12.1 Å². The Bertz CT molecular complexity index is 458. The highest BCUT2D eigenvalue weighted by atomic mass is 16.6. The van der Waals surface area contributed by atoms with Crippen LogP contribution in [0.25, 0.3) is 0 Å². The topological polar surface area (TPSA) is 75.9 Å². The normalized spacial score (nSPS) is 16.3. The van der Waals surface area contributed by atoms with Gasteiger partial charge in [0.25, 0.3) is 0 Å². The first kappa shape index (κ1) is 12.5. The highest BCUT2D eigenvalue weighted by molar-refractivity contribution is 6.40. The number of anilines is 1. The Morgan fingerprint density at radius 1 is 1.17 bits per heavy atom. The molecule has 2 N–H and O–H groups in total. The third-order valence-electron chi connectivity index (χ3n) is 2.93. The minimum absolute atomic E-state index is 0.315. The number of carbonyl (C=O) groups excluding carboxylic acids is 2. The molecule has 0 spiro atoms. The minimum Gasteiger partial charge on any atom is -0.336 e. The maximum atomic E-state index is 11.8. The van der Waals surface area contributed by atoms with Crippen LogP contribution in [0.5, 0.6) is 0 Å². The lowest BCUT2D eigenvalue weighted by atomic mass is 10.2. The van der Waals surface area contributed by atoms with Gasteiger partial charge in [0.1, 0.15) is 0 Å². The highest BCUT2D eigenvalue weighted by Crippen LogP contribution is 2.18. The zero-order valence-electron chi connectivity index (χ0n) is 10.1. The van der Waals surface area contributed by atoms with Crippen molar-refractivity contribution in [3.8, 4) is 0 Å². The number of likely N-dealkylation sites (N-methyl/N-ethyl adjacent to an activating group) is 1. The van der Waals surface area contributed by atoms with Crippen LogP contribution in [0.3, 0.4) is 0 Å². The Hall–Kier alpha value is -1.92. The summed E-state index contributed by atoms with van der Waals surface area (Å²) in [5.74, 6) is 4.01. The van der Waals surface area contributed by atoms with E-state index in [2.05, 4.69) is 4.84 Å². The average Bonchev–Trinajstić information content (AvgIpc) is 2.38. The predicted molar refractivity (Wildman–Crippen MR) is 65.4 cm³/mol. The van der Waals surface area contributed by atoms with Crippen molar-refractivity contribution in [2.75, 3.05) is 25.0 Å². The number of amides is 2. The Morgan fingerprint density at radius 2 is 1.83 bits per heavy atom. The van der Waals surface area contributed by atoms with E-state index in [1.54, 1.807) is 19.2 Å². The molecule has 0 unspecified atom stereocenters.